The number of aromatic nitrogens is 2. The molecular weight excluding hydrogens is 318 g/mol. The van der Waals surface area contributed by atoms with Crippen molar-refractivity contribution in [1.82, 2.24) is 15.3 Å². The standard InChI is InChI=1S/C19H17N3O3/c1-3-14(9-16(4-1)25-19-21-7-2-8-22-19)11-20-12-15-5-6-17-18(10-15)24-13-23-17/h1-10,20H,11-13H2. The van der Waals surface area contributed by atoms with E-state index in [0.29, 0.717) is 18.6 Å². The Morgan fingerprint density at radius 2 is 1.68 bits per heavy atom. The predicted molar refractivity (Wildman–Crippen MR) is 91.7 cm³/mol. The van der Waals surface area contributed by atoms with E-state index in [0.717, 1.165) is 35.7 Å². The molecule has 0 aliphatic carbocycles. The summed E-state index contributed by atoms with van der Waals surface area (Å²) in [7, 11) is 0. The van der Waals surface area contributed by atoms with Crippen LogP contribution in [0.2, 0.25) is 0 Å². The van der Waals surface area contributed by atoms with Gasteiger partial charge in [0.05, 0.1) is 0 Å². The van der Waals surface area contributed by atoms with Crippen LogP contribution in [0.1, 0.15) is 11.1 Å². The highest BCUT2D eigenvalue weighted by molar-refractivity contribution is 5.44. The Morgan fingerprint density at radius 3 is 2.56 bits per heavy atom. The van der Waals surface area contributed by atoms with Crippen LogP contribution in [0.5, 0.6) is 23.3 Å². The minimum Gasteiger partial charge on any atom is -0.454 e. The van der Waals surface area contributed by atoms with Gasteiger partial charge in [-0.25, -0.2) is 9.97 Å². The van der Waals surface area contributed by atoms with Crippen molar-refractivity contribution in [2.45, 2.75) is 13.1 Å². The maximum absolute atomic E-state index is 5.65. The van der Waals surface area contributed by atoms with Gasteiger partial charge in [-0.1, -0.05) is 18.2 Å². The van der Waals surface area contributed by atoms with E-state index in [2.05, 4.69) is 15.3 Å². The Morgan fingerprint density at radius 1 is 0.880 bits per heavy atom. The van der Waals surface area contributed by atoms with E-state index < -0.39 is 0 Å². The quantitative estimate of drug-likeness (QED) is 0.746. The molecule has 6 nitrogen and oxygen atoms in total. The Hall–Kier alpha value is -3.12. The Kier molecular flexibility index (Phi) is 4.43. The lowest BCUT2D eigenvalue weighted by atomic mass is 10.2. The van der Waals surface area contributed by atoms with Crippen LogP contribution < -0.4 is 19.5 Å². The fraction of sp³-hybridized carbons (Fsp3) is 0.158. The average molecular weight is 335 g/mol. The third-order valence-electron chi connectivity index (χ3n) is 3.74. The second-order valence-corrected chi connectivity index (χ2v) is 5.57. The van der Waals surface area contributed by atoms with Crippen LogP contribution in [0.4, 0.5) is 0 Å². The van der Waals surface area contributed by atoms with E-state index in [1.807, 2.05) is 42.5 Å². The molecule has 1 aromatic heterocycles. The van der Waals surface area contributed by atoms with Crippen LogP contribution in [-0.2, 0) is 13.1 Å². The third-order valence-corrected chi connectivity index (χ3v) is 3.74. The number of hydrogen-bond acceptors (Lipinski definition) is 6. The Bertz CT molecular complexity index is 856. The van der Waals surface area contributed by atoms with E-state index in [9.17, 15) is 0 Å². The molecule has 4 rings (SSSR count). The second-order valence-electron chi connectivity index (χ2n) is 5.57. The van der Waals surface area contributed by atoms with Crippen LogP contribution >= 0.6 is 0 Å². The first-order valence-corrected chi connectivity index (χ1v) is 8.00. The summed E-state index contributed by atoms with van der Waals surface area (Å²) in [6.07, 6.45) is 3.30. The van der Waals surface area contributed by atoms with E-state index in [1.165, 1.54) is 0 Å². The summed E-state index contributed by atoms with van der Waals surface area (Å²) in [5, 5.41) is 3.42. The zero-order chi connectivity index (χ0) is 16.9. The van der Waals surface area contributed by atoms with Gasteiger partial charge in [0, 0.05) is 25.5 Å². The lowest BCUT2D eigenvalue weighted by Crippen LogP contribution is -2.12. The molecule has 1 N–H and O–H groups in total. The smallest absolute Gasteiger partial charge is 0.321 e. The van der Waals surface area contributed by atoms with Gasteiger partial charge in [0.25, 0.3) is 0 Å². The summed E-state index contributed by atoms with van der Waals surface area (Å²) in [5.41, 5.74) is 2.27. The van der Waals surface area contributed by atoms with E-state index in [4.69, 9.17) is 14.2 Å². The zero-order valence-electron chi connectivity index (χ0n) is 13.5. The minimum atomic E-state index is 0.296. The molecule has 6 heteroatoms. The number of rotatable bonds is 6. The summed E-state index contributed by atoms with van der Waals surface area (Å²) in [4.78, 5) is 8.13. The van der Waals surface area contributed by atoms with Gasteiger partial charge in [0.2, 0.25) is 6.79 Å². The molecule has 126 valence electrons. The van der Waals surface area contributed by atoms with Crippen molar-refractivity contribution in [3.63, 3.8) is 0 Å². The highest BCUT2D eigenvalue weighted by Crippen LogP contribution is 2.32. The highest BCUT2D eigenvalue weighted by atomic mass is 16.7. The van der Waals surface area contributed by atoms with Crippen LogP contribution in [0.15, 0.2) is 60.9 Å². The normalized spacial score (nSPS) is 12.2. The van der Waals surface area contributed by atoms with Crippen molar-refractivity contribution in [3.8, 4) is 23.3 Å². The first kappa shape index (κ1) is 15.4. The lowest BCUT2D eigenvalue weighted by Gasteiger charge is -2.08. The van der Waals surface area contributed by atoms with Crippen LogP contribution in [0.3, 0.4) is 0 Å². The summed E-state index contributed by atoms with van der Waals surface area (Å²) in [5.74, 6) is 2.32. The first-order valence-electron chi connectivity index (χ1n) is 8.00. The van der Waals surface area contributed by atoms with Crippen molar-refractivity contribution >= 4 is 0 Å². The van der Waals surface area contributed by atoms with Gasteiger partial charge in [-0.3, -0.25) is 0 Å². The fourth-order valence-electron chi connectivity index (χ4n) is 2.56. The van der Waals surface area contributed by atoms with Gasteiger partial charge in [-0.15, -0.1) is 0 Å². The summed E-state index contributed by atoms with van der Waals surface area (Å²) < 4.78 is 16.4. The molecule has 0 radical (unpaired) electrons. The van der Waals surface area contributed by atoms with E-state index >= 15 is 0 Å². The molecule has 0 unspecified atom stereocenters. The fourth-order valence-corrected chi connectivity index (χ4v) is 2.56. The third kappa shape index (κ3) is 3.87. The molecule has 0 saturated carbocycles. The van der Waals surface area contributed by atoms with Gasteiger partial charge >= 0.3 is 6.01 Å². The van der Waals surface area contributed by atoms with Crippen molar-refractivity contribution in [1.29, 1.82) is 0 Å². The molecule has 1 aliphatic rings. The summed E-state index contributed by atoms with van der Waals surface area (Å²) in [6.45, 7) is 1.76. The van der Waals surface area contributed by atoms with Gasteiger partial charge < -0.3 is 19.5 Å². The van der Waals surface area contributed by atoms with Gasteiger partial charge in [0.15, 0.2) is 11.5 Å². The highest BCUT2D eigenvalue weighted by Gasteiger charge is 2.12. The Balaban J connectivity index is 1.34. The number of ether oxygens (including phenoxy) is 3. The van der Waals surface area contributed by atoms with Gasteiger partial charge in [-0.2, -0.15) is 0 Å². The maximum atomic E-state index is 5.65. The molecular formula is C19H17N3O3. The molecule has 2 aromatic carbocycles. The summed E-state index contributed by atoms with van der Waals surface area (Å²) in [6, 6.07) is 15.9. The van der Waals surface area contributed by atoms with Gasteiger partial charge in [-0.05, 0) is 41.5 Å². The molecule has 1 aliphatic heterocycles. The number of nitrogens with zero attached hydrogens (tertiary/aromatic N) is 2. The average Bonchev–Trinajstić information content (AvgIpc) is 3.11. The first-order chi connectivity index (χ1) is 12.4. The van der Waals surface area contributed by atoms with Crippen LogP contribution in [0.25, 0.3) is 0 Å². The Labute approximate surface area is 145 Å². The van der Waals surface area contributed by atoms with Crippen LogP contribution in [-0.4, -0.2) is 16.8 Å². The molecule has 25 heavy (non-hydrogen) atoms. The number of hydrogen-bond donors (Lipinski definition) is 1. The van der Waals surface area contributed by atoms with Gasteiger partial charge in [0.1, 0.15) is 5.75 Å². The lowest BCUT2D eigenvalue weighted by molar-refractivity contribution is 0.174. The molecule has 0 spiro atoms. The maximum Gasteiger partial charge on any atom is 0.321 e. The van der Waals surface area contributed by atoms with E-state index in [-0.39, 0.29) is 0 Å². The predicted octanol–water partition coefficient (Wildman–Crippen LogP) is 3.29. The molecule has 0 fully saturated rings. The molecule has 2 heterocycles. The largest absolute Gasteiger partial charge is 0.454 e. The molecule has 0 atom stereocenters. The zero-order valence-corrected chi connectivity index (χ0v) is 13.5. The monoisotopic (exact) mass is 335 g/mol. The van der Waals surface area contributed by atoms with Crippen molar-refractivity contribution < 1.29 is 14.2 Å². The molecule has 3 aromatic rings. The summed E-state index contributed by atoms with van der Waals surface area (Å²) >= 11 is 0. The molecule has 0 saturated heterocycles. The number of nitrogens with one attached hydrogen (secondary N) is 1. The minimum absolute atomic E-state index is 0.296. The van der Waals surface area contributed by atoms with Crippen LogP contribution in [0, 0.1) is 0 Å². The van der Waals surface area contributed by atoms with Crippen molar-refractivity contribution in [2.75, 3.05) is 6.79 Å². The van der Waals surface area contributed by atoms with Crippen molar-refractivity contribution in [3.05, 3.63) is 72.1 Å². The number of fused-ring (bicyclic) bond motifs is 1. The van der Waals surface area contributed by atoms with E-state index in [1.54, 1.807) is 18.5 Å². The number of benzene rings is 2. The molecule has 0 bridgehead atoms. The van der Waals surface area contributed by atoms with Crippen molar-refractivity contribution in [2.24, 2.45) is 0 Å². The molecule has 0 amide bonds. The second kappa shape index (κ2) is 7.19. The SMILES string of the molecule is c1cnc(Oc2cccc(CNCc3ccc4c(c3)OCO4)c2)nc1. The topological polar surface area (TPSA) is 65.5 Å².